The molecule has 4 rings (SSSR count). The number of hydrogen-bond acceptors (Lipinski definition) is 7. The van der Waals surface area contributed by atoms with Gasteiger partial charge in [0.05, 0.1) is 35.8 Å². The zero-order valence-corrected chi connectivity index (χ0v) is 25.6. The molecule has 0 spiro atoms. The number of nitrogens with zero attached hydrogens (tertiary/aromatic N) is 3. The van der Waals surface area contributed by atoms with Crippen molar-refractivity contribution in [1.82, 2.24) is 20.1 Å². The van der Waals surface area contributed by atoms with Crippen molar-refractivity contribution in [3.63, 3.8) is 0 Å². The molecule has 4 aromatic rings. The second-order valence-electron chi connectivity index (χ2n) is 10.2. The number of aliphatic hydroxyl groups excluding tert-OH is 1. The molecule has 4 amide bonds. The Balaban J connectivity index is 1.55. The Hall–Kier alpha value is -4.52. The maximum atomic E-state index is 13.1. The first-order valence-corrected chi connectivity index (χ1v) is 13.8. The van der Waals surface area contributed by atoms with Crippen LogP contribution in [0.15, 0.2) is 54.7 Å². The van der Waals surface area contributed by atoms with Crippen LogP contribution in [0, 0.1) is 0 Å². The summed E-state index contributed by atoms with van der Waals surface area (Å²) < 4.78 is 12.8. The van der Waals surface area contributed by atoms with Crippen LogP contribution in [0.3, 0.4) is 0 Å². The molecule has 0 aliphatic heterocycles. The predicted octanol–water partition coefficient (Wildman–Crippen LogP) is 6.56. The van der Waals surface area contributed by atoms with E-state index in [0.29, 0.717) is 28.6 Å². The van der Waals surface area contributed by atoms with Gasteiger partial charge in [-0.3, -0.25) is 10.6 Å². The van der Waals surface area contributed by atoms with Crippen LogP contribution >= 0.6 is 23.2 Å². The van der Waals surface area contributed by atoms with Crippen LogP contribution in [-0.4, -0.2) is 46.1 Å². The minimum Gasteiger partial charge on any atom is -0.496 e. The quantitative estimate of drug-likeness (QED) is 0.148. The lowest BCUT2D eigenvalue weighted by Crippen LogP contribution is -2.24. The third-order valence-electron chi connectivity index (χ3n) is 6.13. The molecule has 0 bridgehead atoms. The van der Waals surface area contributed by atoms with E-state index in [1.54, 1.807) is 47.1 Å². The van der Waals surface area contributed by atoms with Crippen LogP contribution in [0.25, 0.3) is 5.69 Å². The number of amides is 4. The van der Waals surface area contributed by atoms with Crippen molar-refractivity contribution >= 4 is 52.6 Å². The van der Waals surface area contributed by atoms with E-state index in [1.807, 2.05) is 20.8 Å². The highest BCUT2D eigenvalue weighted by atomic mass is 35.5. The van der Waals surface area contributed by atoms with E-state index < -0.39 is 12.1 Å². The lowest BCUT2D eigenvalue weighted by molar-refractivity contribution is 0.253. The summed E-state index contributed by atoms with van der Waals surface area (Å²) in [6, 6.07) is 12.2. The molecule has 0 saturated heterocycles. The highest BCUT2D eigenvalue weighted by molar-refractivity contribution is 6.45. The van der Waals surface area contributed by atoms with Gasteiger partial charge in [-0.2, -0.15) is 5.10 Å². The predicted molar refractivity (Wildman–Crippen MR) is 166 cm³/mol. The summed E-state index contributed by atoms with van der Waals surface area (Å²) in [7, 11) is 3.00. The molecule has 0 unspecified atom stereocenters. The van der Waals surface area contributed by atoms with Crippen LogP contribution in [0.4, 0.5) is 26.9 Å². The van der Waals surface area contributed by atoms with Crippen molar-refractivity contribution in [3.8, 4) is 22.9 Å². The molecule has 5 N–H and O–H groups in total. The number of pyridine rings is 1. The Morgan fingerprint density at radius 2 is 1.72 bits per heavy atom. The first kappa shape index (κ1) is 31.4. The molecule has 0 aliphatic carbocycles. The van der Waals surface area contributed by atoms with E-state index in [0.717, 1.165) is 5.69 Å². The van der Waals surface area contributed by atoms with Crippen LogP contribution in [0.5, 0.6) is 17.2 Å². The van der Waals surface area contributed by atoms with Crippen molar-refractivity contribution < 1.29 is 24.2 Å². The Kier molecular flexibility index (Phi) is 9.64. The topological polar surface area (TPSA) is 152 Å². The standard InChI is InChI=1S/C29H31Cl2N7O5/c1-29(2,3)22-14-24(38(37-22)17-7-6-16(15-39)21(12-17)42-5)36-28(41)34-19-8-9-20(26(31)25(19)30)43-18-10-11-33-23(13-18)35-27(40)32-4/h6-14,39H,15H2,1-5H3,(H2,34,36,41)(H2,32,33,35,40). The lowest BCUT2D eigenvalue weighted by atomic mass is 9.92. The zero-order valence-electron chi connectivity index (χ0n) is 24.1. The SMILES string of the molecule is CNC(=O)Nc1cc(Oc2ccc(NC(=O)Nc3cc(C(C)(C)C)nn3-c3ccc(CO)c(OC)c3)c(Cl)c2Cl)ccn1. The van der Waals surface area contributed by atoms with Crippen LogP contribution < -0.4 is 30.7 Å². The monoisotopic (exact) mass is 627 g/mol. The molecule has 2 aromatic carbocycles. The normalized spacial score (nSPS) is 11.1. The van der Waals surface area contributed by atoms with Crippen molar-refractivity contribution in [1.29, 1.82) is 0 Å². The largest absolute Gasteiger partial charge is 0.496 e. The van der Waals surface area contributed by atoms with Gasteiger partial charge in [0.2, 0.25) is 0 Å². The second-order valence-corrected chi connectivity index (χ2v) is 11.0. The second kappa shape index (κ2) is 13.2. The number of halogens is 2. The number of ether oxygens (including phenoxy) is 2. The Bertz CT molecular complexity index is 1650. The highest BCUT2D eigenvalue weighted by Crippen LogP contribution is 2.40. The minimum absolute atomic E-state index is 0.0558. The lowest BCUT2D eigenvalue weighted by Gasteiger charge is -2.15. The fourth-order valence-corrected chi connectivity index (χ4v) is 4.26. The summed E-state index contributed by atoms with van der Waals surface area (Å²) in [5, 5.41) is 25.0. The summed E-state index contributed by atoms with van der Waals surface area (Å²) in [5.74, 6) is 1.72. The molecular formula is C29H31Cl2N7O5. The Labute approximate surface area is 258 Å². The number of carbonyl (C=O) groups is 2. The summed E-state index contributed by atoms with van der Waals surface area (Å²) in [5.41, 5.74) is 1.90. The summed E-state index contributed by atoms with van der Waals surface area (Å²) in [4.78, 5) is 28.8. The summed E-state index contributed by atoms with van der Waals surface area (Å²) in [6.45, 7) is 5.84. The number of aromatic nitrogens is 3. The van der Waals surface area contributed by atoms with E-state index >= 15 is 0 Å². The average molecular weight is 629 g/mol. The van der Waals surface area contributed by atoms with Gasteiger partial charge in [0, 0.05) is 42.4 Å². The van der Waals surface area contributed by atoms with Crippen LogP contribution in [-0.2, 0) is 12.0 Å². The number of anilines is 3. The van der Waals surface area contributed by atoms with E-state index in [9.17, 15) is 14.7 Å². The number of rotatable bonds is 8. The number of nitrogens with one attached hydrogen (secondary N) is 4. The van der Waals surface area contributed by atoms with E-state index in [-0.39, 0.29) is 39.3 Å². The fraction of sp³-hybridized carbons (Fsp3) is 0.241. The van der Waals surface area contributed by atoms with Crippen molar-refractivity contribution in [3.05, 3.63) is 76.0 Å². The smallest absolute Gasteiger partial charge is 0.324 e. The molecule has 43 heavy (non-hydrogen) atoms. The zero-order chi connectivity index (χ0) is 31.3. The molecule has 2 aromatic heterocycles. The van der Waals surface area contributed by atoms with Crippen molar-refractivity contribution in [2.75, 3.05) is 30.1 Å². The third-order valence-corrected chi connectivity index (χ3v) is 6.99. The first-order valence-electron chi connectivity index (χ1n) is 13.0. The van der Waals surface area contributed by atoms with Crippen LogP contribution in [0.2, 0.25) is 10.0 Å². The molecule has 12 nitrogen and oxygen atoms in total. The third kappa shape index (κ3) is 7.47. The Morgan fingerprint density at radius 1 is 0.953 bits per heavy atom. The van der Waals surface area contributed by atoms with Gasteiger partial charge >= 0.3 is 12.1 Å². The van der Waals surface area contributed by atoms with Crippen molar-refractivity contribution in [2.45, 2.75) is 32.8 Å². The number of urea groups is 2. The average Bonchev–Trinajstić information content (AvgIpc) is 3.41. The van der Waals surface area contributed by atoms with Crippen molar-refractivity contribution in [2.24, 2.45) is 0 Å². The molecule has 0 fully saturated rings. The molecule has 0 saturated carbocycles. The van der Waals surface area contributed by atoms with Gasteiger partial charge < -0.3 is 25.2 Å². The van der Waals surface area contributed by atoms with Crippen LogP contribution in [0.1, 0.15) is 32.0 Å². The maximum absolute atomic E-state index is 13.1. The molecule has 14 heteroatoms. The minimum atomic E-state index is -0.591. The molecule has 0 radical (unpaired) electrons. The molecule has 0 atom stereocenters. The molecule has 226 valence electrons. The molecular weight excluding hydrogens is 597 g/mol. The molecule has 2 heterocycles. The van der Waals surface area contributed by atoms with Gasteiger partial charge in [0.15, 0.2) is 0 Å². The van der Waals surface area contributed by atoms with E-state index in [2.05, 4.69) is 26.3 Å². The van der Waals surface area contributed by atoms with Gasteiger partial charge in [0.25, 0.3) is 0 Å². The van der Waals surface area contributed by atoms with Gasteiger partial charge in [-0.15, -0.1) is 0 Å². The number of aliphatic hydroxyl groups is 1. The van der Waals surface area contributed by atoms with Gasteiger partial charge in [0.1, 0.15) is 33.9 Å². The molecule has 0 aliphatic rings. The van der Waals surface area contributed by atoms with E-state index in [1.165, 1.54) is 26.4 Å². The van der Waals surface area contributed by atoms with Gasteiger partial charge in [-0.25, -0.2) is 19.3 Å². The Morgan fingerprint density at radius 3 is 2.40 bits per heavy atom. The van der Waals surface area contributed by atoms with Gasteiger partial charge in [-0.1, -0.05) is 50.0 Å². The number of carbonyl (C=O) groups excluding carboxylic acids is 2. The first-order chi connectivity index (χ1) is 20.4. The summed E-state index contributed by atoms with van der Waals surface area (Å²) >= 11 is 13.0. The number of benzene rings is 2. The maximum Gasteiger partial charge on any atom is 0.324 e. The fourth-order valence-electron chi connectivity index (χ4n) is 3.85. The highest BCUT2D eigenvalue weighted by Gasteiger charge is 2.23. The number of methoxy groups -OCH3 is 1. The van der Waals surface area contributed by atoms with E-state index in [4.69, 9.17) is 37.8 Å². The van der Waals surface area contributed by atoms with Gasteiger partial charge in [-0.05, 0) is 24.3 Å². The summed E-state index contributed by atoms with van der Waals surface area (Å²) in [6.07, 6.45) is 1.46. The number of hydrogen-bond donors (Lipinski definition) is 5.